The van der Waals surface area contributed by atoms with Crippen molar-refractivity contribution in [1.82, 2.24) is 5.32 Å². The number of fused-ring (bicyclic) bond motifs is 7. The normalized spacial score (nSPS) is 42.1. The fourth-order valence-corrected chi connectivity index (χ4v) is 10.5. The van der Waals surface area contributed by atoms with Crippen molar-refractivity contribution < 1.29 is 19.1 Å². The zero-order chi connectivity index (χ0) is 30.2. The van der Waals surface area contributed by atoms with Crippen LogP contribution in [-0.4, -0.2) is 30.8 Å². The SMILES string of the molecule is C=CCOC(=O)NC[C@]12CCC(C)(C)CC1C1C(=O)C=C3[C@@]4(C)C=C(C#N)C(=O)C(C)(C)[C@@H]4CC[C@@]3(C)[C@]1(C)CC2. The van der Waals surface area contributed by atoms with Gasteiger partial charge in [0.05, 0.1) is 5.57 Å². The molecule has 0 aliphatic heterocycles. The minimum absolute atomic E-state index is 0.0361. The van der Waals surface area contributed by atoms with Crippen LogP contribution >= 0.6 is 0 Å². The van der Waals surface area contributed by atoms with Crippen molar-refractivity contribution in [3.8, 4) is 6.07 Å². The van der Waals surface area contributed by atoms with Crippen LogP contribution < -0.4 is 5.32 Å². The Labute approximate surface area is 246 Å². The topological polar surface area (TPSA) is 96.3 Å². The van der Waals surface area contributed by atoms with E-state index in [1.807, 2.05) is 26.0 Å². The van der Waals surface area contributed by atoms with E-state index in [4.69, 9.17) is 4.74 Å². The molecule has 1 amide bonds. The molecule has 3 fully saturated rings. The summed E-state index contributed by atoms with van der Waals surface area (Å²) in [6, 6.07) is 2.19. The van der Waals surface area contributed by atoms with E-state index in [-0.39, 0.29) is 63.2 Å². The summed E-state index contributed by atoms with van der Waals surface area (Å²) in [5.74, 6) is 0.141. The summed E-state index contributed by atoms with van der Waals surface area (Å²) in [7, 11) is 0. The minimum Gasteiger partial charge on any atom is -0.445 e. The van der Waals surface area contributed by atoms with Gasteiger partial charge in [0.2, 0.25) is 0 Å². The molecule has 3 saturated carbocycles. The number of amides is 1. The molecule has 0 spiro atoms. The van der Waals surface area contributed by atoms with E-state index in [2.05, 4.69) is 52.6 Å². The molecule has 0 aromatic rings. The Bertz CT molecular complexity index is 1300. The van der Waals surface area contributed by atoms with Crippen molar-refractivity contribution >= 4 is 17.7 Å². The Kier molecular flexibility index (Phi) is 6.84. The monoisotopic (exact) mass is 560 g/mol. The summed E-state index contributed by atoms with van der Waals surface area (Å²) in [5, 5.41) is 13.0. The highest BCUT2D eigenvalue weighted by Gasteiger charge is 2.69. The fraction of sp³-hybridized carbons (Fsp3) is 0.714. The molecular weight excluding hydrogens is 512 g/mol. The first-order valence-corrected chi connectivity index (χ1v) is 15.5. The highest BCUT2D eigenvalue weighted by atomic mass is 16.5. The summed E-state index contributed by atoms with van der Waals surface area (Å²) in [5.41, 5.74) is -0.402. The maximum absolute atomic E-state index is 14.6. The Morgan fingerprint density at radius 1 is 1.10 bits per heavy atom. The summed E-state index contributed by atoms with van der Waals surface area (Å²) in [6.07, 6.45) is 11.6. The van der Waals surface area contributed by atoms with E-state index in [9.17, 15) is 19.6 Å². The van der Waals surface area contributed by atoms with E-state index >= 15 is 0 Å². The molecule has 41 heavy (non-hydrogen) atoms. The van der Waals surface area contributed by atoms with Gasteiger partial charge in [0.1, 0.15) is 12.7 Å². The van der Waals surface area contributed by atoms with E-state index in [0.29, 0.717) is 6.54 Å². The number of nitrogens with one attached hydrogen (secondary N) is 1. The first-order valence-electron chi connectivity index (χ1n) is 15.5. The summed E-state index contributed by atoms with van der Waals surface area (Å²) in [4.78, 5) is 40.3. The van der Waals surface area contributed by atoms with Crippen LogP contribution in [0.3, 0.4) is 0 Å². The zero-order valence-electron chi connectivity index (χ0n) is 26.1. The summed E-state index contributed by atoms with van der Waals surface area (Å²) >= 11 is 0. The molecule has 6 heteroatoms. The lowest BCUT2D eigenvalue weighted by Gasteiger charge is -2.69. The smallest absolute Gasteiger partial charge is 0.407 e. The van der Waals surface area contributed by atoms with Crippen LogP contribution in [0.25, 0.3) is 0 Å². The molecule has 0 radical (unpaired) electrons. The first-order chi connectivity index (χ1) is 19.0. The van der Waals surface area contributed by atoms with Crippen molar-refractivity contribution in [2.45, 2.75) is 93.4 Å². The van der Waals surface area contributed by atoms with Gasteiger partial charge in [0.25, 0.3) is 0 Å². The lowest BCUT2D eigenvalue weighted by Crippen LogP contribution is -2.65. The number of ketones is 2. The second-order valence-corrected chi connectivity index (χ2v) is 15.9. The van der Waals surface area contributed by atoms with Crippen LogP contribution in [0.1, 0.15) is 93.4 Å². The third-order valence-corrected chi connectivity index (χ3v) is 13.0. The lowest BCUT2D eigenvalue weighted by atomic mass is 9.34. The average Bonchev–Trinajstić information content (AvgIpc) is 2.90. The number of rotatable bonds is 4. The number of hydrogen-bond acceptors (Lipinski definition) is 5. The number of alkyl carbamates (subject to hydrolysis) is 1. The lowest BCUT2D eigenvalue weighted by molar-refractivity contribution is -0.170. The highest BCUT2D eigenvalue weighted by Crippen LogP contribution is 2.74. The molecule has 5 aliphatic rings. The molecule has 5 aliphatic carbocycles. The molecule has 5 rings (SSSR count). The predicted molar refractivity (Wildman–Crippen MR) is 158 cm³/mol. The van der Waals surface area contributed by atoms with Gasteiger partial charge in [-0.15, -0.1) is 0 Å². The quantitative estimate of drug-likeness (QED) is 0.369. The molecule has 6 nitrogen and oxygen atoms in total. The molecule has 0 heterocycles. The summed E-state index contributed by atoms with van der Waals surface area (Å²) < 4.78 is 5.24. The standard InChI is InChI=1S/C35H48N2O4/c1-9-16-41-29(40)37-21-35-14-12-30(2,3)19-23(35)27-24(38)17-26-32(6)18-22(20-36)28(39)31(4,5)25(32)10-11-33(26,7)34(27,8)13-15-35/h9,17-18,23,25,27H,1,10-16,19,21H2,2-8H3,(H,37,40)/t23?,25-,27?,32-,33+,34+,35+/m0/s1. The second-order valence-electron chi connectivity index (χ2n) is 15.9. The highest BCUT2D eigenvalue weighted by molar-refractivity contribution is 6.04. The number of nitrogens with zero attached hydrogens (tertiary/aromatic N) is 1. The van der Waals surface area contributed by atoms with Crippen molar-refractivity contribution in [2.24, 2.45) is 50.2 Å². The van der Waals surface area contributed by atoms with Gasteiger partial charge < -0.3 is 10.1 Å². The number of carbonyl (C=O) groups excluding carboxylic acids is 3. The van der Waals surface area contributed by atoms with Crippen LogP contribution in [0.15, 0.2) is 36.0 Å². The maximum atomic E-state index is 14.6. The third-order valence-electron chi connectivity index (χ3n) is 13.0. The number of ether oxygens (including phenoxy) is 1. The molecule has 1 N–H and O–H groups in total. The van der Waals surface area contributed by atoms with Gasteiger partial charge in [0.15, 0.2) is 11.6 Å². The number of nitriles is 1. The fourth-order valence-electron chi connectivity index (χ4n) is 10.5. The minimum atomic E-state index is -0.668. The number of Topliss-reactive ketones (excluding diaryl/α,β-unsaturated/α-hetero) is 1. The molecule has 7 atom stereocenters. The number of hydrogen-bond donors (Lipinski definition) is 1. The molecule has 0 bridgehead atoms. The molecular formula is C35H48N2O4. The molecule has 2 unspecified atom stereocenters. The van der Waals surface area contributed by atoms with Gasteiger partial charge in [-0.25, -0.2) is 4.79 Å². The third kappa shape index (κ3) is 4.12. The van der Waals surface area contributed by atoms with Gasteiger partial charge in [-0.3, -0.25) is 9.59 Å². The van der Waals surface area contributed by atoms with Gasteiger partial charge in [-0.2, -0.15) is 5.26 Å². The van der Waals surface area contributed by atoms with E-state index in [1.54, 1.807) is 6.08 Å². The van der Waals surface area contributed by atoms with Gasteiger partial charge >= 0.3 is 6.09 Å². The Morgan fingerprint density at radius 2 is 1.78 bits per heavy atom. The number of allylic oxidation sites excluding steroid dienone is 4. The molecule has 0 aromatic carbocycles. The van der Waals surface area contributed by atoms with E-state index < -0.39 is 16.9 Å². The van der Waals surface area contributed by atoms with Crippen LogP contribution in [0, 0.1) is 61.6 Å². The van der Waals surface area contributed by atoms with Crippen LogP contribution in [0.5, 0.6) is 0 Å². The largest absolute Gasteiger partial charge is 0.445 e. The zero-order valence-corrected chi connectivity index (χ0v) is 26.1. The first kappa shape index (κ1) is 29.8. The Balaban J connectivity index is 1.60. The number of carbonyl (C=O) groups is 3. The maximum Gasteiger partial charge on any atom is 0.407 e. The molecule has 222 valence electrons. The van der Waals surface area contributed by atoms with Crippen molar-refractivity contribution in [3.05, 3.63) is 36.0 Å². The van der Waals surface area contributed by atoms with Crippen LogP contribution in [0.2, 0.25) is 0 Å². The van der Waals surface area contributed by atoms with Gasteiger partial charge in [-0.05, 0) is 84.5 Å². The van der Waals surface area contributed by atoms with Crippen molar-refractivity contribution in [2.75, 3.05) is 13.2 Å². The van der Waals surface area contributed by atoms with Crippen LogP contribution in [0.4, 0.5) is 4.79 Å². The van der Waals surface area contributed by atoms with Crippen molar-refractivity contribution in [3.63, 3.8) is 0 Å². The van der Waals surface area contributed by atoms with E-state index in [0.717, 1.165) is 50.5 Å². The van der Waals surface area contributed by atoms with Crippen LogP contribution in [-0.2, 0) is 14.3 Å². The molecule has 0 saturated heterocycles. The van der Waals surface area contributed by atoms with Gasteiger partial charge in [0, 0.05) is 23.3 Å². The van der Waals surface area contributed by atoms with Gasteiger partial charge in [-0.1, -0.05) is 72.8 Å². The Hall–Kier alpha value is -2.68. The predicted octanol–water partition coefficient (Wildman–Crippen LogP) is 7.12. The Morgan fingerprint density at radius 3 is 2.44 bits per heavy atom. The van der Waals surface area contributed by atoms with Crippen molar-refractivity contribution in [1.29, 1.82) is 5.26 Å². The van der Waals surface area contributed by atoms with E-state index in [1.165, 1.54) is 0 Å². The summed E-state index contributed by atoms with van der Waals surface area (Å²) in [6.45, 7) is 19.8. The average molecular weight is 561 g/mol. The molecule has 0 aromatic heterocycles. The second kappa shape index (κ2) is 9.41.